The highest BCUT2D eigenvalue weighted by Crippen LogP contribution is 2.27. The summed E-state index contributed by atoms with van der Waals surface area (Å²) in [6.45, 7) is -0.0637. The summed E-state index contributed by atoms with van der Waals surface area (Å²) in [5.74, 6) is -0.105. The van der Waals surface area contributed by atoms with E-state index >= 15 is 0 Å². The van der Waals surface area contributed by atoms with Gasteiger partial charge in [-0.25, -0.2) is 14.2 Å². The summed E-state index contributed by atoms with van der Waals surface area (Å²) in [5, 5.41) is 0. The predicted molar refractivity (Wildman–Crippen MR) is 52.5 cm³/mol. The normalized spacial score (nSPS) is 9.36. The van der Waals surface area contributed by atoms with Crippen LogP contribution in [0.3, 0.4) is 0 Å². The molecule has 0 aliphatic rings. The van der Waals surface area contributed by atoms with Crippen molar-refractivity contribution in [2.75, 3.05) is 7.11 Å². The van der Waals surface area contributed by atoms with Crippen LogP contribution in [0.2, 0.25) is 0 Å². The smallest absolute Gasteiger partial charge is 0.235 e. The van der Waals surface area contributed by atoms with Crippen molar-refractivity contribution in [3.8, 4) is 5.75 Å². The minimum absolute atomic E-state index is 0.0637. The predicted octanol–water partition coefficient (Wildman–Crippen LogP) is 2.43. The Morgan fingerprint density at radius 1 is 1.64 bits per heavy atom. The van der Waals surface area contributed by atoms with Gasteiger partial charge in [0.25, 0.3) is 0 Å². The number of carbonyl (C=O) groups excluding carboxylic acids is 1. The average Bonchev–Trinajstić information content (AvgIpc) is 2.15. The van der Waals surface area contributed by atoms with E-state index in [4.69, 9.17) is 4.74 Å². The summed E-state index contributed by atoms with van der Waals surface area (Å²) in [7, 11) is 1.43. The van der Waals surface area contributed by atoms with Crippen LogP contribution < -0.4 is 4.74 Å². The topological polar surface area (TPSA) is 38.7 Å². The minimum Gasteiger partial charge on any atom is -0.496 e. The molecule has 0 fully saturated rings. The number of benzene rings is 1. The summed E-state index contributed by atoms with van der Waals surface area (Å²) < 4.78 is 18.8. The van der Waals surface area contributed by atoms with Gasteiger partial charge in [-0.15, -0.1) is 0 Å². The second-order valence-electron chi connectivity index (χ2n) is 2.48. The maximum atomic E-state index is 13.3. The Balaban J connectivity index is 3.17. The number of rotatable bonds is 3. The molecule has 1 aromatic carbocycles. The van der Waals surface area contributed by atoms with Gasteiger partial charge >= 0.3 is 0 Å². The second kappa shape index (κ2) is 4.88. The van der Waals surface area contributed by atoms with Gasteiger partial charge in [-0.2, -0.15) is 0 Å². The molecule has 1 rings (SSSR count). The van der Waals surface area contributed by atoms with Gasteiger partial charge < -0.3 is 4.74 Å². The van der Waals surface area contributed by atoms with Crippen LogP contribution in [-0.4, -0.2) is 13.2 Å². The molecule has 74 valence electrons. The number of hydrogen-bond donors (Lipinski definition) is 0. The lowest BCUT2D eigenvalue weighted by Gasteiger charge is -2.07. The van der Waals surface area contributed by atoms with Gasteiger partial charge in [0.1, 0.15) is 11.6 Å². The molecule has 0 aliphatic carbocycles. The lowest BCUT2D eigenvalue weighted by molar-refractivity contribution is 0.404. The molecule has 0 aliphatic heterocycles. The second-order valence-corrected chi connectivity index (χ2v) is 3.39. The van der Waals surface area contributed by atoms with E-state index in [0.717, 1.165) is 0 Å². The van der Waals surface area contributed by atoms with Crippen molar-refractivity contribution < 1.29 is 13.9 Å². The summed E-state index contributed by atoms with van der Waals surface area (Å²) in [4.78, 5) is 13.2. The SMILES string of the molecule is COc1cc(Br)cc(F)c1CN=C=O. The molecule has 14 heavy (non-hydrogen) atoms. The lowest BCUT2D eigenvalue weighted by atomic mass is 10.2. The van der Waals surface area contributed by atoms with Crippen molar-refractivity contribution in [1.29, 1.82) is 0 Å². The summed E-state index contributed by atoms with van der Waals surface area (Å²) >= 11 is 3.13. The van der Waals surface area contributed by atoms with E-state index < -0.39 is 5.82 Å². The molecule has 0 bridgehead atoms. The van der Waals surface area contributed by atoms with Crippen LogP contribution in [0.15, 0.2) is 21.6 Å². The molecule has 0 saturated carbocycles. The molecule has 0 radical (unpaired) electrons. The van der Waals surface area contributed by atoms with E-state index in [2.05, 4.69) is 20.9 Å². The number of halogens is 2. The van der Waals surface area contributed by atoms with E-state index in [9.17, 15) is 9.18 Å². The highest BCUT2D eigenvalue weighted by Gasteiger charge is 2.10. The van der Waals surface area contributed by atoms with Crippen LogP contribution in [0.1, 0.15) is 5.56 Å². The first-order chi connectivity index (χ1) is 6.69. The first kappa shape index (κ1) is 10.9. The first-order valence-corrected chi connectivity index (χ1v) is 4.54. The molecule has 0 saturated heterocycles. The van der Waals surface area contributed by atoms with Crippen LogP contribution in [-0.2, 0) is 11.3 Å². The lowest BCUT2D eigenvalue weighted by Crippen LogP contribution is -1.95. The fraction of sp³-hybridized carbons (Fsp3) is 0.222. The number of aliphatic imine (C=N–C) groups is 1. The van der Waals surface area contributed by atoms with Gasteiger partial charge in [0, 0.05) is 4.47 Å². The maximum absolute atomic E-state index is 13.3. The van der Waals surface area contributed by atoms with Crippen molar-refractivity contribution in [3.63, 3.8) is 0 Å². The third-order valence-corrected chi connectivity index (χ3v) is 2.10. The Morgan fingerprint density at radius 2 is 2.36 bits per heavy atom. The molecular weight excluding hydrogens is 253 g/mol. The largest absolute Gasteiger partial charge is 0.496 e. The van der Waals surface area contributed by atoms with Crippen molar-refractivity contribution in [1.82, 2.24) is 0 Å². The fourth-order valence-electron chi connectivity index (χ4n) is 1.03. The molecular formula is C9H7BrFNO2. The summed E-state index contributed by atoms with van der Waals surface area (Å²) in [6, 6.07) is 2.90. The molecule has 0 aromatic heterocycles. The van der Waals surface area contributed by atoms with Gasteiger partial charge in [0.15, 0.2) is 0 Å². The van der Waals surface area contributed by atoms with Gasteiger partial charge in [-0.1, -0.05) is 15.9 Å². The molecule has 0 unspecified atom stereocenters. The van der Waals surface area contributed by atoms with Crippen molar-refractivity contribution in [3.05, 3.63) is 28.0 Å². The van der Waals surface area contributed by atoms with E-state index in [1.165, 1.54) is 19.3 Å². The van der Waals surface area contributed by atoms with Crippen molar-refractivity contribution >= 4 is 22.0 Å². The van der Waals surface area contributed by atoms with E-state index in [-0.39, 0.29) is 12.1 Å². The highest BCUT2D eigenvalue weighted by molar-refractivity contribution is 9.10. The van der Waals surface area contributed by atoms with E-state index in [1.54, 1.807) is 6.07 Å². The number of methoxy groups -OCH3 is 1. The highest BCUT2D eigenvalue weighted by atomic mass is 79.9. The first-order valence-electron chi connectivity index (χ1n) is 3.74. The van der Waals surface area contributed by atoms with Crippen LogP contribution >= 0.6 is 15.9 Å². The Labute approximate surface area is 88.7 Å². The van der Waals surface area contributed by atoms with Gasteiger partial charge in [-0.3, -0.25) is 0 Å². The number of hydrogen-bond acceptors (Lipinski definition) is 3. The maximum Gasteiger partial charge on any atom is 0.235 e. The summed E-state index contributed by atoms with van der Waals surface area (Å²) in [5.41, 5.74) is 0.249. The molecule has 0 N–H and O–H groups in total. The molecule has 3 nitrogen and oxygen atoms in total. The van der Waals surface area contributed by atoms with Crippen LogP contribution in [0.4, 0.5) is 4.39 Å². The van der Waals surface area contributed by atoms with Crippen molar-refractivity contribution in [2.24, 2.45) is 4.99 Å². The Hall–Kier alpha value is -1.19. The van der Waals surface area contributed by atoms with Crippen LogP contribution in [0.5, 0.6) is 5.75 Å². The fourth-order valence-corrected chi connectivity index (χ4v) is 1.44. The number of ether oxygens (including phenoxy) is 1. The number of isocyanates is 1. The van der Waals surface area contributed by atoms with Gasteiger partial charge in [0.2, 0.25) is 6.08 Å². The zero-order valence-electron chi connectivity index (χ0n) is 7.38. The van der Waals surface area contributed by atoms with Gasteiger partial charge in [0.05, 0.1) is 19.2 Å². The molecule has 0 atom stereocenters. The standard InChI is InChI=1S/C9H7BrFNO2/c1-14-9-3-6(10)2-8(11)7(9)4-12-5-13/h2-3H,4H2,1H3. The zero-order chi connectivity index (χ0) is 10.6. The Kier molecular flexibility index (Phi) is 3.80. The Bertz CT molecular complexity index is 389. The van der Waals surface area contributed by atoms with E-state index in [0.29, 0.717) is 10.2 Å². The quantitative estimate of drug-likeness (QED) is 0.618. The average molecular weight is 260 g/mol. The molecule has 0 spiro atoms. The van der Waals surface area contributed by atoms with Crippen LogP contribution in [0, 0.1) is 5.82 Å². The molecule has 0 heterocycles. The van der Waals surface area contributed by atoms with Crippen molar-refractivity contribution in [2.45, 2.75) is 6.54 Å². The van der Waals surface area contributed by atoms with Gasteiger partial charge in [-0.05, 0) is 12.1 Å². The Morgan fingerprint density at radius 3 is 2.93 bits per heavy atom. The zero-order valence-corrected chi connectivity index (χ0v) is 8.97. The molecule has 0 amide bonds. The third kappa shape index (κ3) is 2.40. The monoisotopic (exact) mass is 259 g/mol. The number of nitrogens with zero attached hydrogens (tertiary/aromatic N) is 1. The summed E-state index contributed by atoms with van der Waals surface area (Å²) in [6.07, 6.45) is 1.35. The third-order valence-electron chi connectivity index (χ3n) is 1.64. The van der Waals surface area contributed by atoms with Crippen LogP contribution in [0.25, 0.3) is 0 Å². The minimum atomic E-state index is -0.463. The molecule has 1 aromatic rings. The molecule has 5 heteroatoms. The van der Waals surface area contributed by atoms with E-state index in [1.807, 2.05) is 0 Å².